The van der Waals surface area contributed by atoms with E-state index in [2.05, 4.69) is 31.4 Å². The Morgan fingerprint density at radius 1 is 1.45 bits per heavy atom. The Morgan fingerprint density at radius 2 is 2.18 bits per heavy atom. The fraction of sp³-hybridized carbons (Fsp3) is 0.667. The molecule has 0 spiro atoms. The summed E-state index contributed by atoms with van der Waals surface area (Å²) >= 11 is 3.34. The second kappa shape index (κ2) is 6.81. The molecular formula is C15H23BrN4O2. The van der Waals surface area contributed by atoms with Gasteiger partial charge < -0.3 is 15.0 Å². The Balaban J connectivity index is 1.95. The largest absolute Gasteiger partial charge is 0.444 e. The lowest BCUT2D eigenvalue weighted by atomic mass is 10.1. The molecule has 1 atom stereocenters. The number of anilines is 1. The van der Waals surface area contributed by atoms with Crippen LogP contribution in [0.4, 0.5) is 10.6 Å². The van der Waals surface area contributed by atoms with Crippen LogP contribution in [0.1, 0.15) is 39.2 Å². The van der Waals surface area contributed by atoms with Gasteiger partial charge in [0.05, 0.1) is 0 Å². The van der Waals surface area contributed by atoms with E-state index in [0.29, 0.717) is 6.54 Å². The Hall–Kier alpha value is -1.37. The molecule has 0 radical (unpaired) electrons. The molecule has 0 aliphatic carbocycles. The van der Waals surface area contributed by atoms with Gasteiger partial charge in [-0.05, 0) is 68.1 Å². The number of halogens is 1. The minimum Gasteiger partial charge on any atom is -0.444 e. The SMILES string of the molecule is Cc1cc(N[C@@H]2CCCN(C(=O)OC(C)(C)C)C2)nnc1Br. The minimum absolute atomic E-state index is 0.163. The molecule has 1 amide bonds. The first-order valence-electron chi connectivity index (χ1n) is 7.49. The lowest BCUT2D eigenvalue weighted by Gasteiger charge is -2.34. The van der Waals surface area contributed by atoms with Crippen LogP contribution >= 0.6 is 15.9 Å². The van der Waals surface area contributed by atoms with Crippen molar-refractivity contribution in [3.8, 4) is 0 Å². The smallest absolute Gasteiger partial charge is 0.410 e. The van der Waals surface area contributed by atoms with E-state index >= 15 is 0 Å². The number of nitrogens with zero attached hydrogens (tertiary/aromatic N) is 3. The lowest BCUT2D eigenvalue weighted by molar-refractivity contribution is 0.0206. The Bertz CT molecular complexity index is 545. The van der Waals surface area contributed by atoms with Gasteiger partial charge in [0.1, 0.15) is 16.0 Å². The van der Waals surface area contributed by atoms with Crippen molar-refractivity contribution in [1.82, 2.24) is 15.1 Å². The van der Waals surface area contributed by atoms with Crippen LogP contribution in [0.3, 0.4) is 0 Å². The molecule has 0 bridgehead atoms. The van der Waals surface area contributed by atoms with E-state index in [1.165, 1.54) is 0 Å². The molecule has 1 aliphatic heterocycles. The van der Waals surface area contributed by atoms with Gasteiger partial charge in [0.2, 0.25) is 0 Å². The van der Waals surface area contributed by atoms with E-state index in [9.17, 15) is 4.79 Å². The third-order valence-corrected chi connectivity index (χ3v) is 4.13. The number of hydrogen-bond acceptors (Lipinski definition) is 5. The highest BCUT2D eigenvalue weighted by molar-refractivity contribution is 9.10. The summed E-state index contributed by atoms with van der Waals surface area (Å²) in [5.74, 6) is 0.733. The number of ether oxygens (including phenoxy) is 1. The van der Waals surface area contributed by atoms with Crippen LogP contribution in [0.5, 0.6) is 0 Å². The standard InChI is InChI=1S/C15H23BrN4O2/c1-10-8-12(18-19-13(10)16)17-11-6-5-7-20(9-11)14(21)22-15(2,3)4/h8,11H,5-7,9H2,1-4H3,(H,17,18)/t11-/m1/s1. The number of piperidine rings is 1. The fourth-order valence-corrected chi connectivity index (χ4v) is 2.53. The van der Waals surface area contributed by atoms with Crippen LogP contribution in [-0.4, -0.2) is 45.9 Å². The molecule has 1 aromatic heterocycles. The van der Waals surface area contributed by atoms with Gasteiger partial charge in [0, 0.05) is 19.1 Å². The second-order valence-electron chi connectivity index (χ2n) is 6.61. The summed E-state index contributed by atoms with van der Waals surface area (Å²) in [6.07, 6.45) is 1.69. The molecular weight excluding hydrogens is 348 g/mol. The van der Waals surface area contributed by atoms with E-state index in [1.54, 1.807) is 4.90 Å². The van der Waals surface area contributed by atoms with Crippen molar-refractivity contribution in [2.45, 2.75) is 52.2 Å². The molecule has 0 unspecified atom stereocenters. The van der Waals surface area contributed by atoms with Crippen molar-refractivity contribution in [3.63, 3.8) is 0 Å². The zero-order valence-corrected chi connectivity index (χ0v) is 15.1. The van der Waals surface area contributed by atoms with Gasteiger partial charge >= 0.3 is 6.09 Å². The number of hydrogen-bond donors (Lipinski definition) is 1. The Labute approximate surface area is 139 Å². The highest BCUT2D eigenvalue weighted by atomic mass is 79.9. The molecule has 1 fully saturated rings. The van der Waals surface area contributed by atoms with Crippen LogP contribution < -0.4 is 5.32 Å². The summed E-state index contributed by atoms with van der Waals surface area (Å²) < 4.78 is 6.18. The van der Waals surface area contributed by atoms with Crippen molar-refractivity contribution in [2.24, 2.45) is 0 Å². The van der Waals surface area contributed by atoms with Gasteiger partial charge in [0.25, 0.3) is 0 Å². The highest BCUT2D eigenvalue weighted by Crippen LogP contribution is 2.19. The molecule has 1 aromatic rings. The molecule has 0 aromatic carbocycles. The Kier molecular flexibility index (Phi) is 5.26. The van der Waals surface area contributed by atoms with E-state index in [4.69, 9.17) is 4.74 Å². The molecule has 1 N–H and O–H groups in total. The number of carbonyl (C=O) groups excluding carboxylic acids is 1. The predicted octanol–water partition coefficient (Wildman–Crippen LogP) is 3.36. The highest BCUT2D eigenvalue weighted by Gasteiger charge is 2.27. The van der Waals surface area contributed by atoms with Crippen LogP contribution in [0.25, 0.3) is 0 Å². The fourth-order valence-electron chi connectivity index (χ4n) is 2.34. The maximum atomic E-state index is 12.2. The molecule has 1 saturated heterocycles. The van der Waals surface area contributed by atoms with Crippen molar-refractivity contribution < 1.29 is 9.53 Å². The van der Waals surface area contributed by atoms with E-state index in [1.807, 2.05) is 33.8 Å². The van der Waals surface area contributed by atoms with Gasteiger partial charge in [-0.15, -0.1) is 10.2 Å². The maximum Gasteiger partial charge on any atom is 0.410 e. The number of amides is 1. The second-order valence-corrected chi connectivity index (χ2v) is 7.36. The number of likely N-dealkylation sites (tertiary alicyclic amines) is 1. The molecule has 6 nitrogen and oxygen atoms in total. The van der Waals surface area contributed by atoms with Crippen LogP contribution in [0, 0.1) is 6.92 Å². The third kappa shape index (κ3) is 4.83. The van der Waals surface area contributed by atoms with Crippen LogP contribution in [0.2, 0.25) is 0 Å². The first kappa shape index (κ1) is 17.0. The maximum absolute atomic E-state index is 12.2. The van der Waals surface area contributed by atoms with Crippen LogP contribution in [-0.2, 0) is 4.74 Å². The normalized spacial score (nSPS) is 19.0. The predicted molar refractivity (Wildman–Crippen MR) is 88.9 cm³/mol. The van der Waals surface area contributed by atoms with Gasteiger partial charge in [-0.25, -0.2) is 4.79 Å². The van der Waals surface area contributed by atoms with Gasteiger partial charge in [-0.3, -0.25) is 0 Å². The summed E-state index contributed by atoms with van der Waals surface area (Å²) in [5.41, 5.74) is 0.559. The first-order chi connectivity index (χ1) is 10.2. The molecule has 2 heterocycles. The monoisotopic (exact) mass is 370 g/mol. The van der Waals surface area contributed by atoms with Crippen molar-refractivity contribution in [1.29, 1.82) is 0 Å². The van der Waals surface area contributed by atoms with Crippen LogP contribution in [0.15, 0.2) is 10.7 Å². The summed E-state index contributed by atoms with van der Waals surface area (Å²) in [5, 5.41) is 11.5. The molecule has 0 saturated carbocycles. The van der Waals surface area contributed by atoms with Gasteiger partial charge in [-0.1, -0.05) is 0 Å². The topological polar surface area (TPSA) is 67.4 Å². The molecule has 22 heavy (non-hydrogen) atoms. The number of rotatable bonds is 2. The summed E-state index contributed by atoms with van der Waals surface area (Å²) in [6.45, 7) is 8.96. The zero-order chi connectivity index (χ0) is 16.3. The van der Waals surface area contributed by atoms with E-state index in [-0.39, 0.29) is 12.1 Å². The minimum atomic E-state index is -0.467. The van der Waals surface area contributed by atoms with Gasteiger partial charge in [-0.2, -0.15) is 0 Å². The summed E-state index contributed by atoms with van der Waals surface area (Å²) in [7, 11) is 0. The van der Waals surface area contributed by atoms with E-state index < -0.39 is 5.60 Å². The molecule has 7 heteroatoms. The summed E-state index contributed by atoms with van der Waals surface area (Å²) in [6, 6.07) is 2.11. The average molecular weight is 371 g/mol. The molecule has 2 rings (SSSR count). The third-order valence-electron chi connectivity index (χ3n) is 3.35. The zero-order valence-electron chi connectivity index (χ0n) is 13.5. The van der Waals surface area contributed by atoms with Crippen molar-refractivity contribution in [3.05, 3.63) is 16.2 Å². The lowest BCUT2D eigenvalue weighted by Crippen LogP contribution is -2.47. The number of aryl methyl sites for hydroxylation is 1. The number of nitrogens with one attached hydrogen (secondary N) is 1. The van der Waals surface area contributed by atoms with Gasteiger partial charge in [0.15, 0.2) is 0 Å². The Morgan fingerprint density at radius 3 is 2.82 bits per heavy atom. The van der Waals surface area contributed by atoms with Crippen molar-refractivity contribution >= 4 is 27.8 Å². The number of aromatic nitrogens is 2. The quantitative estimate of drug-likeness (QED) is 0.864. The first-order valence-corrected chi connectivity index (χ1v) is 8.28. The summed E-state index contributed by atoms with van der Waals surface area (Å²) in [4.78, 5) is 13.9. The average Bonchev–Trinajstić information content (AvgIpc) is 2.41. The molecule has 122 valence electrons. The number of carbonyl (C=O) groups is 1. The van der Waals surface area contributed by atoms with E-state index in [0.717, 1.165) is 35.4 Å². The van der Waals surface area contributed by atoms with Crippen molar-refractivity contribution in [2.75, 3.05) is 18.4 Å². The molecule has 1 aliphatic rings.